The van der Waals surface area contributed by atoms with Crippen LogP contribution in [0, 0.1) is 0 Å². The van der Waals surface area contributed by atoms with Gasteiger partial charge in [0.25, 0.3) is 0 Å². The van der Waals surface area contributed by atoms with Gasteiger partial charge < -0.3 is 4.57 Å². The van der Waals surface area contributed by atoms with Crippen LogP contribution >= 0.6 is 23.4 Å². The lowest BCUT2D eigenvalue weighted by atomic mass is 10.2. The van der Waals surface area contributed by atoms with Crippen LogP contribution in [0.1, 0.15) is 26.3 Å². The number of imidazole rings is 1. The summed E-state index contributed by atoms with van der Waals surface area (Å²) in [5.41, 5.74) is 2.67. The topological polar surface area (TPSA) is 55.2 Å². The molecule has 0 N–H and O–H groups in total. The monoisotopic (exact) mass is 437 g/mol. The Morgan fingerprint density at radius 3 is 2.46 bits per heavy atom. The summed E-state index contributed by atoms with van der Waals surface area (Å²) in [6.07, 6.45) is 0. The van der Waals surface area contributed by atoms with Crippen molar-refractivity contribution in [2.24, 2.45) is 0 Å². The molecule has 0 aliphatic carbocycles. The zero-order valence-electron chi connectivity index (χ0n) is 16.2. The summed E-state index contributed by atoms with van der Waals surface area (Å²) in [5.74, 6) is 0.702. The summed E-state index contributed by atoms with van der Waals surface area (Å²) in [5, 5.41) is 1.59. The minimum atomic E-state index is -3.50. The fraction of sp³-hybridized carbons (Fsp3) is 0.350. The second-order valence-corrected chi connectivity index (χ2v) is 9.55. The van der Waals surface area contributed by atoms with Crippen LogP contribution in [0.2, 0.25) is 5.02 Å². The van der Waals surface area contributed by atoms with Crippen LogP contribution in [0.3, 0.4) is 0 Å². The van der Waals surface area contributed by atoms with Gasteiger partial charge in [0.15, 0.2) is 5.16 Å². The second kappa shape index (κ2) is 8.86. The zero-order valence-corrected chi connectivity index (χ0v) is 18.6. The summed E-state index contributed by atoms with van der Waals surface area (Å²) >= 11 is 7.86. The molecule has 0 fully saturated rings. The van der Waals surface area contributed by atoms with Gasteiger partial charge >= 0.3 is 0 Å². The van der Waals surface area contributed by atoms with Gasteiger partial charge in [-0.25, -0.2) is 13.4 Å². The second-order valence-electron chi connectivity index (χ2n) is 6.26. The molecule has 150 valence electrons. The lowest BCUT2D eigenvalue weighted by Gasteiger charge is -2.18. The Balaban J connectivity index is 1.96. The Bertz CT molecular complexity index is 1080. The third-order valence-corrected chi connectivity index (χ3v) is 8.10. The fourth-order valence-electron chi connectivity index (χ4n) is 3.13. The number of benzene rings is 2. The van der Waals surface area contributed by atoms with E-state index >= 15 is 0 Å². The smallest absolute Gasteiger partial charge is 0.243 e. The molecule has 0 atom stereocenters. The highest BCUT2D eigenvalue weighted by Crippen LogP contribution is 2.30. The van der Waals surface area contributed by atoms with E-state index < -0.39 is 10.0 Å². The molecule has 0 saturated carbocycles. The SMILES string of the molecule is CCN(CC)S(=O)(=O)c1ccc2c(c1)nc(SCc1ccccc1Cl)n2CC. The number of thioether (sulfide) groups is 1. The minimum Gasteiger partial charge on any atom is -0.319 e. The molecule has 0 unspecified atom stereocenters. The van der Waals surface area contributed by atoms with Crippen LogP contribution in [-0.2, 0) is 22.3 Å². The first kappa shape index (κ1) is 21.2. The van der Waals surface area contributed by atoms with E-state index in [1.165, 1.54) is 4.31 Å². The Morgan fingerprint density at radius 2 is 1.82 bits per heavy atom. The van der Waals surface area contributed by atoms with E-state index in [1.807, 2.05) is 44.2 Å². The predicted octanol–water partition coefficient (Wildman–Crippen LogP) is 5.03. The van der Waals surface area contributed by atoms with Crippen molar-refractivity contribution in [2.75, 3.05) is 13.1 Å². The molecular formula is C20H24ClN3O2S2. The Morgan fingerprint density at radius 1 is 1.11 bits per heavy atom. The number of hydrogen-bond donors (Lipinski definition) is 0. The summed E-state index contributed by atoms with van der Waals surface area (Å²) in [4.78, 5) is 5.00. The predicted molar refractivity (Wildman–Crippen MR) is 117 cm³/mol. The summed E-state index contributed by atoms with van der Waals surface area (Å²) in [6.45, 7) is 7.38. The number of halogens is 1. The molecule has 28 heavy (non-hydrogen) atoms. The van der Waals surface area contributed by atoms with Crippen LogP contribution < -0.4 is 0 Å². The molecule has 3 rings (SSSR count). The number of nitrogens with zero attached hydrogens (tertiary/aromatic N) is 3. The van der Waals surface area contributed by atoms with Gasteiger partial charge in [0.2, 0.25) is 10.0 Å². The first-order chi connectivity index (χ1) is 13.4. The van der Waals surface area contributed by atoms with E-state index in [0.29, 0.717) is 24.4 Å². The van der Waals surface area contributed by atoms with E-state index in [0.717, 1.165) is 27.8 Å². The lowest BCUT2D eigenvalue weighted by molar-refractivity contribution is 0.445. The van der Waals surface area contributed by atoms with Gasteiger partial charge in [-0.2, -0.15) is 4.31 Å². The Labute approximate surface area is 175 Å². The third kappa shape index (κ3) is 4.08. The standard InChI is InChI=1S/C20H24ClN3O2S2/c1-4-23(5-2)28(25,26)16-11-12-19-18(13-16)22-20(24(19)6-3)27-14-15-9-7-8-10-17(15)21/h7-13H,4-6,14H2,1-3H3. The van der Waals surface area contributed by atoms with Crippen molar-refractivity contribution in [3.8, 4) is 0 Å². The number of hydrogen-bond acceptors (Lipinski definition) is 4. The van der Waals surface area contributed by atoms with Crippen molar-refractivity contribution in [1.29, 1.82) is 0 Å². The number of fused-ring (bicyclic) bond motifs is 1. The summed E-state index contributed by atoms with van der Waals surface area (Å²) < 4.78 is 29.2. The molecule has 0 aliphatic rings. The highest BCUT2D eigenvalue weighted by molar-refractivity contribution is 7.98. The molecule has 0 radical (unpaired) electrons. The van der Waals surface area contributed by atoms with Gasteiger partial charge in [0, 0.05) is 30.4 Å². The van der Waals surface area contributed by atoms with E-state index in [4.69, 9.17) is 16.6 Å². The maximum Gasteiger partial charge on any atom is 0.243 e. The number of rotatable bonds is 8. The average Bonchev–Trinajstić information content (AvgIpc) is 3.04. The van der Waals surface area contributed by atoms with E-state index in [1.54, 1.807) is 23.9 Å². The first-order valence-corrected chi connectivity index (χ1v) is 12.1. The summed E-state index contributed by atoms with van der Waals surface area (Å²) in [6, 6.07) is 13.0. The van der Waals surface area contributed by atoms with Gasteiger partial charge in [-0.05, 0) is 36.8 Å². The maximum absolute atomic E-state index is 12.8. The van der Waals surface area contributed by atoms with Crippen LogP contribution in [0.15, 0.2) is 52.5 Å². The van der Waals surface area contributed by atoms with Crippen molar-refractivity contribution in [3.05, 3.63) is 53.1 Å². The Hall–Kier alpha value is -1.54. The Kier molecular flexibility index (Phi) is 6.70. The average molecular weight is 438 g/mol. The molecule has 1 heterocycles. The molecule has 2 aromatic carbocycles. The van der Waals surface area contributed by atoms with Crippen LogP contribution in [0.4, 0.5) is 0 Å². The number of sulfonamides is 1. The normalized spacial score (nSPS) is 12.2. The van der Waals surface area contributed by atoms with Crippen molar-refractivity contribution in [1.82, 2.24) is 13.9 Å². The molecule has 8 heteroatoms. The first-order valence-electron chi connectivity index (χ1n) is 9.29. The quantitative estimate of drug-likeness (QED) is 0.463. The molecule has 1 aromatic heterocycles. The molecule has 3 aromatic rings. The van der Waals surface area contributed by atoms with E-state index in [-0.39, 0.29) is 4.90 Å². The van der Waals surface area contributed by atoms with Crippen molar-refractivity contribution >= 4 is 44.4 Å². The van der Waals surface area contributed by atoms with Gasteiger partial charge in [-0.1, -0.05) is 55.4 Å². The molecule has 0 saturated heterocycles. The van der Waals surface area contributed by atoms with Gasteiger partial charge in [-0.3, -0.25) is 0 Å². The largest absolute Gasteiger partial charge is 0.319 e. The summed E-state index contributed by atoms with van der Waals surface area (Å²) in [7, 11) is -3.50. The van der Waals surface area contributed by atoms with Crippen molar-refractivity contribution in [2.45, 2.75) is 43.1 Å². The van der Waals surface area contributed by atoms with Crippen LogP contribution in [0.25, 0.3) is 11.0 Å². The zero-order chi connectivity index (χ0) is 20.3. The molecule has 0 amide bonds. The van der Waals surface area contributed by atoms with Gasteiger partial charge in [-0.15, -0.1) is 0 Å². The highest BCUT2D eigenvalue weighted by Gasteiger charge is 2.23. The highest BCUT2D eigenvalue weighted by atomic mass is 35.5. The van der Waals surface area contributed by atoms with Crippen LogP contribution in [0.5, 0.6) is 0 Å². The van der Waals surface area contributed by atoms with E-state index in [9.17, 15) is 8.42 Å². The minimum absolute atomic E-state index is 0.284. The lowest BCUT2D eigenvalue weighted by Crippen LogP contribution is -2.30. The molecular weight excluding hydrogens is 414 g/mol. The molecule has 0 aliphatic heterocycles. The molecule has 0 bridgehead atoms. The maximum atomic E-state index is 12.8. The van der Waals surface area contributed by atoms with Gasteiger partial charge in [0.1, 0.15) is 0 Å². The number of aromatic nitrogens is 2. The molecule has 5 nitrogen and oxygen atoms in total. The van der Waals surface area contributed by atoms with E-state index in [2.05, 4.69) is 11.5 Å². The fourth-order valence-corrected chi connectivity index (χ4v) is 5.98. The third-order valence-electron chi connectivity index (χ3n) is 4.66. The molecule has 0 spiro atoms. The van der Waals surface area contributed by atoms with Gasteiger partial charge in [0.05, 0.1) is 15.9 Å². The van der Waals surface area contributed by atoms with Crippen molar-refractivity contribution in [3.63, 3.8) is 0 Å². The van der Waals surface area contributed by atoms with Crippen molar-refractivity contribution < 1.29 is 8.42 Å². The number of aryl methyl sites for hydroxylation is 1. The van der Waals surface area contributed by atoms with Crippen LogP contribution in [-0.4, -0.2) is 35.4 Å².